The zero-order valence-electron chi connectivity index (χ0n) is 7.71. The molecule has 4 N–H and O–H groups in total. The summed E-state index contributed by atoms with van der Waals surface area (Å²) in [7, 11) is 0. The quantitative estimate of drug-likeness (QED) is 0.486. The number of aliphatic hydroxyl groups excluding tert-OH is 2. The van der Waals surface area contributed by atoms with Crippen molar-refractivity contribution in [2.45, 2.75) is 18.6 Å². The van der Waals surface area contributed by atoms with Crippen molar-refractivity contribution >= 4 is 5.78 Å². The Labute approximate surface area is 85.2 Å². The zero-order chi connectivity index (χ0) is 11.2. The van der Waals surface area contributed by atoms with Crippen LogP contribution in [0.4, 0.5) is 0 Å². The number of fused-ring (bicyclic) bond motifs is 1. The topological polar surface area (TPSA) is 98.0 Å². The molecule has 0 aromatic heterocycles. The average Bonchev–Trinajstić information content (AvgIpc) is 2.13. The second-order valence-corrected chi connectivity index (χ2v) is 3.56. The van der Waals surface area contributed by atoms with Crippen LogP contribution in [0.1, 0.15) is 28.4 Å². The average molecular weight is 210 g/mol. The molecule has 0 spiro atoms. The van der Waals surface area contributed by atoms with Gasteiger partial charge in [-0.15, -0.1) is 0 Å². The Morgan fingerprint density at radius 3 is 2.47 bits per heavy atom. The standard InChI is InChI=1S/C10H10O5/c11-4-1-5-6(12)3-8(14)10(15)9(5)7(13)2-4/h1-2,6,8,11-14H,3H2/t6-,8+/m1/s1. The van der Waals surface area contributed by atoms with Crippen molar-refractivity contribution in [3.8, 4) is 11.5 Å². The number of Topliss-reactive ketones (excluding diaryl/α,β-unsaturated/α-hetero) is 1. The fraction of sp³-hybridized carbons (Fsp3) is 0.300. The van der Waals surface area contributed by atoms with E-state index in [2.05, 4.69) is 0 Å². The summed E-state index contributed by atoms with van der Waals surface area (Å²) in [6.07, 6.45) is -2.47. The van der Waals surface area contributed by atoms with Gasteiger partial charge in [-0.1, -0.05) is 0 Å². The predicted molar refractivity (Wildman–Crippen MR) is 49.7 cm³/mol. The molecule has 80 valence electrons. The molecule has 1 aromatic carbocycles. The number of carbonyl (C=O) groups excluding carboxylic acids is 1. The van der Waals surface area contributed by atoms with Gasteiger partial charge in [0.1, 0.15) is 17.6 Å². The first-order valence-electron chi connectivity index (χ1n) is 4.47. The molecule has 2 atom stereocenters. The Morgan fingerprint density at radius 2 is 1.80 bits per heavy atom. The molecule has 0 aliphatic heterocycles. The summed E-state index contributed by atoms with van der Waals surface area (Å²) in [4.78, 5) is 11.5. The van der Waals surface area contributed by atoms with Crippen LogP contribution in [0.3, 0.4) is 0 Å². The van der Waals surface area contributed by atoms with Crippen LogP contribution in [0.5, 0.6) is 11.5 Å². The molecule has 0 bridgehead atoms. The summed E-state index contributed by atoms with van der Waals surface area (Å²) in [6.45, 7) is 0. The molecule has 0 radical (unpaired) electrons. The molecule has 0 fully saturated rings. The van der Waals surface area contributed by atoms with Gasteiger partial charge in [-0.3, -0.25) is 4.79 Å². The van der Waals surface area contributed by atoms with E-state index in [1.807, 2.05) is 0 Å². The minimum Gasteiger partial charge on any atom is -0.508 e. The predicted octanol–water partition coefficient (Wildman–Crippen LogP) is 0.0785. The van der Waals surface area contributed by atoms with Crippen molar-refractivity contribution in [3.05, 3.63) is 23.3 Å². The van der Waals surface area contributed by atoms with Crippen LogP contribution in [0, 0.1) is 0 Å². The van der Waals surface area contributed by atoms with Crippen molar-refractivity contribution < 1.29 is 25.2 Å². The van der Waals surface area contributed by atoms with Crippen molar-refractivity contribution in [1.29, 1.82) is 0 Å². The molecular formula is C10H10O5. The maximum atomic E-state index is 11.5. The number of aromatic hydroxyl groups is 2. The first-order chi connectivity index (χ1) is 7.00. The van der Waals surface area contributed by atoms with E-state index in [4.69, 9.17) is 0 Å². The van der Waals surface area contributed by atoms with E-state index in [0.29, 0.717) is 0 Å². The first-order valence-corrected chi connectivity index (χ1v) is 4.47. The highest BCUT2D eigenvalue weighted by molar-refractivity contribution is 6.04. The van der Waals surface area contributed by atoms with Gasteiger partial charge in [-0.2, -0.15) is 0 Å². The van der Waals surface area contributed by atoms with Gasteiger partial charge in [0.25, 0.3) is 0 Å². The van der Waals surface area contributed by atoms with E-state index in [-0.39, 0.29) is 23.3 Å². The van der Waals surface area contributed by atoms with Crippen LogP contribution >= 0.6 is 0 Å². The minimum atomic E-state index is -1.30. The molecule has 0 amide bonds. The number of hydrogen-bond donors (Lipinski definition) is 4. The van der Waals surface area contributed by atoms with Crippen molar-refractivity contribution in [2.75, 3.05) is 0 Å². The number of phenols is 2. The summed E-state index contributed by atoms with van der Waals surface area (Å²) in [5, 5.41) is 37.5. The van der Waals surface area contributed by atoms with Gasteiger partial charge in [0.05, 0.1) is 11.7 Å². The molecule has 1 aliphatic carbocycles. The third-order valence-electron chi connectivity index (χ3n) is 2.49. The van der Waals surface area contributed by atoms with E-state index < -0.39 is 23.7 Å². The maximum absolute atomic E-state index is 11.5. The number of aliphatic hydroxyl groups is 2. The first kappa shape index (κ1) is 9.95. The Kier molecular flexibility index (Phi) is 2.13. The molecule has 5 heteroatoms. The van der Waals surface area contributed by atoms with Gasteiger partial charge in [0.2, 0.25) is 0 Å². The van der Waals surface area contributed by atoms with E-state index in [0.717, 1.165) is 6.07 Å². The molecule has 0 saturated heterocycles. The van der Waals surface area contributed by atoms with Gasteiger partial charge in [-0.05, 0) is 11.6 Å². The molecule has 5 nitrogen and oxygen atoms in total. The maximum Gasteiger partial charge on any atom is 0.195 e. The Balaban J connectivity index is 2.66. The van der Waals surface area contributed by atoms with Crippen LogP contribution in [0.2, 0.25) is 0 Å². The fourth-order valence-corrected chi connectivity index (χ4v) is 1.78. The molecule has 1 aromatic rings. The molecule has 0 unspecified atom stereocenters. The van der Waals surface area contributed by atoms with E-state index in [9.17, 15) is 25.2 Å². The van der Waals surface area contributed by atoms with Crippen LogP contribution in [0.25, 0.3) is 0 Å². The fourth-order valence-electron chi connectivity index (χ4n) is 1.78. The smallest absolute Gasteiger partial charge is 0.195 e. The van der Waals surface area contributed by atoms with E-state index >= 15 is 0 Å². The molecule has 1 aliphatic rings. The highest BCUT2D eigenvalue weighted by atomic mass is 16.3. The highest BCUT2D eigenvalue weighted by Gasteiger charge is 2.34. The minimum absolute atomic E-state index is 0.112. The van der Waals surface area contributed by atoms with Gasteiger partial charge < -0.3 is 20.4 Å². The lowest BCUT2D eigenvalue weighted by atomic mass is 9.86. The van der Waals surface area contributed by atoms with E-state index in [1.54, 1.807) is 0 Å². The van der Waals surface area contributed by atoms with Gasteiger partial charge in [0, 0.05) is 12.5 Å². The molecule has 15 heavy (non-hydrogen) atoms. The van der Waals surface area contributed by atoms with Gasteiger partial charge >= 0.3 is 0 Å². The summed E-state index contributed by atoms with van der Waals surface area (Å²) in [6, 6.07) is 2.21. The van der Waals surface area contributed by atoms with Crippen LogP contribution in [-0.4, -0.2) is 32.3 Å². The van der Waals surface area contributed by atoms with Crippen LogP contribution in [0.15, 0.2) is 12.1 Å². The van der Waals surface area contributed by atoms with E-state index in [1.165, 1.54) is 6.07 Å². The Hall–Kier alpha value is -1.59. The number of carbonyl (C=O) groups is 1. The molecular weight excluding hydrogens is 200 g/mol. The number of ketones is 1. The van der Waals surface area contributed by atoms with Gasteiger partial charge in [-0.25, -0.2) is 0 Å². The summed E-state index contributed by atoms with van der Waals surface area (Å²) < 4.78 is 0. The van der Waals surface area contributed by atoms with Gasteiger partial charge in [0.15, 0.2) is 5.78 Å². The number of phenolic OH excluding ortho intramolecular Hbond substituents is 2. The Morgan fingerprint density at radius 1 is 1.13 bits per heavy atom. The lowest BCUT2D eigenvalue weighted by Gasteiger charge is -2.24. The third kappa shape index (κ3) is 1.45. The second-order valence-electron chi connectivity index (χ2n) is 3.56. The largest absolute Gasteiger partial charge is 0.508 e. The second kappa shape index (κ2) is 3.22. The Bertz CT molecular complexity index is 426. The third-order valence-corrected chi connectivity index (χ3v) is 2.49. The number of rotatable bonds is 0. The highest BCUT2D eigenvalue weighted by Crippen LogP contribution is 2.37. The number of hydrogen-bond acceptors (Lipinski definition) is 5. The molecule has 0 heterocycles. The summed E-state index contributed by atoms with van der Waals surface area (Å²) in [5.74, 6) is -1.28. The van der Waals surface area contributed by atoms with Crippen molar-refractivity contribution in [2.24, 2.45) is 0 Å². The lowest BCUT2D eigenvalue weighted by molar-refractivity contribution is 0.0479. The zero-order valence-corrected chi connectivity index (χ0v) is 7.71. The summed E-state index contributed by atoms with van der Waals surface area (Å²) in [5.41, 5.74) is 0.0434. The van der Waals surface area contributed by atoms with Crippen LogP contribution in [-0.2, 0) is 0 Å². The SMILES string of the molecule is O=C1c2c(O)cc(O)cc2[C@H](O)C[C@@H]1O. The normalized spacial score (nSPS) is 25.1. The molecule has 2 rings (SSSR count). The monoisotopic (exact) mass is 210 g/mol. The van der Waals surface area contributed by atoms with Crippen molar-refractivity contribution in [1.82, 2.24) is 0 Å². The van der Waals surface area contributed by atoms with Crippen LogP contribution < -0.4 is 0 Å². The molecule has 0 saturated carbocycles. The van der Waals surface area contributed by atoms with Crippen molar-refractivity contribution in [3.63, 3.8) is 0 Å². The lowest BCUT2D eigenvalue weighted by Crippen LogP contribution is -2.29. The number of benzene rings is 1. The summed E-state index contributed by atoms with van der Waals surface area (Å²) >= 11 is 0.